The first kappa shape index (κ1) is 23.7. The summed E-state index contributed by atoms with van der Waals surface area (Å²) in [5.74, 6) is 0.644. The van der Waals surface area contributed by atoms with Crippen LogP contribution in [0.1, 0.15) is 26.2 Å². The van der Waals surface area contributed by atoms with Crippen molar-refractivity contribution in [3.63, 3.8) is 0 Å². The lowest BCUT2D eigenvalue weighted by Crippen LogP contribution is -2.47. The maximum Gasteiger partial charge on any atom is 0.267 e. The number of nitrogens with zero attached hydrogens (tertiary/aromatic N) is 5. The van der Waals surface area contributed by atoms with Gasteiger partial charge in [-0.3, -0.25) is 9.69 Å². The van der Waals surface area contributed by atoms with Gasteiger partial charge >= 0.3 is 0 Å². The smallest absolute Gasteiger partial charge is 0.267 e. The third-order valence-corrected chi connectivity index (χ3v) is 6.77. The number of anilines is 2. The van der Waals surface area contributed by atoms with Crippen LogP contribution in [0.4, 0.5) is 15.9 Å². The molecule has 3 aromatic rings. The number of halogens is 2. The molecule has 1 aliphatic rings. The maximum absolute atomic E-state index is 14.0. The van der Waals surface area contributed by atoms with Gasteiger partial charge in [0.25, 0.3) is 5.91 Å². The fourth-order valence-corrected chi connectivity index (χ4v) is 4.79. The Balaban J connectivity index is 1.42. The first-order valence-electron chi connectivity index (χ1n) is 10.5. The summed E-state index contributed by atoms with van der Waals surface area (Å²) in [5, 5.41) is 12.5. The minimum atomic E-state index is -0.511. The van der Waals surface area contributed by atoms with Crippen molar-refractivity contribution in [2.75, 3.05) is 49.5 Å². The van der Waals surface area contributed by atoms with Crippen LogP contribution in [0.2, 0.25) is 0 Å². The third kappa shape index (κ3) is 6.11. The van der Waals surface area contributed by atoms with Crippen molar-refractivity contribution < 1.29 is 14.3 Å². The van der Waals surface area contributed by atoms with Gasteiger partial charge in [-0.2, -0.15) is 0 Å². The van der Waals surface area contributed by atoms with E-state index < -0.39 is 11.7 Å². The van der Waals surface area contributed by atoms with Crippen LogP contribution in [0.25, 0.3) is 0 Å². The molecule has 1 aromatic carbocycles. The highest BCUT2D eigenvalue weighted by Crippen LogP contribution is 2.23. The summed E-state index contributed by atoms with van der Waals surface area (Å²) in [6.45, 7) is 6.15. The number of amides is 1. The second kappa shape index (κ2) is 10.6. The molecule has 11 heteroatoms. The maximum atomic E-state index is 14.0. The van der Waals surface area contributed by atoms with Crippen molar-refractivity contribution in [2.45, 2.75) is 13.3 Å². The van der Waals surface area contributed by atoms with Gasteiger partial charge in [-0.15, -0.1) is 11.3 Å². The van der Waals surface area contributed by atoms with E-state index in [1.54, 1.807) is 6.07 Å². The zero-order valence-corrected chi connectivity index (χ0v) is 20.5. The number of aliphatic hydroxyl groups is 1. The molecule has 0 bridgehead atoms. The Hall–Kier alpha value is -2.47. The summed E-state index contributed by atoms with van der Waals surface area (Å²) >= 11 is 4.46. The first-order chi connectivity index (χ1) is 15.9. The summed E-state index contributed by atoms with van der Waals surface area (Å²) in [6.07, 6.45) is 1.98. The quantitative estimate of drug-likeness (QED) is 0.480. The van der Waals surface area contributed by atoms with Gasteiger partial charge in [0.1, 0.15) is 22.3 Å². The van der Waals surface area contributed by atoms with Crippen molar-refractivity contribution >= 4 is 44.7 Å². The third-order valence-electron chi connectivity index (χ3n) is 5.28. The van der Waals surface area contributed by atoms with Gasteiger partial charge in [0.15, 0.2) is 0 Å². The molecule has 8 nitrogen and oxygen atoms in total. The van der Waals surface area contributed by atoms with Crippen molar-refractivity contribution in [3.05, 3.63) is 62.2 Å². The molecule has 1 aliphatic heterocycles. The molecule has 0 spiro atoms. The van der Waals surface area contributed by atoms with Crippen molar-refractivity contribution in [1.29, 1.82) is 0 Å². The van der Waals surface area contributed by atoms with Crippen LogP contribution in [0.3, 0.4) is 0 Å². The zero-order chi connectivity index (χ0) is 23.4. The fraction of sp³-hybridized carbons (Fsp3) is 0.364. The lowest BCUT2D eigenvalue weighted by Gasteiger charge is -2.35. The predicted molar refractivity (Wildman–Crippen MR) is 129 cm³/mol. The van der Waals surface area contributed by atoms with Crippen molar-refractivity contribution in [2.24, 2.45) is 0 Å². The second-order valence-corrected chi connectivity index (χ2v) is 9.72. The Morgan fingerprint density at radius 2 is 2.03 bits per heavy atom. The van der Waals surface area contributed by atoms with Gasteiger partial charge < -0.3 is 15.3 Å². The molecule has 0 atom stereocenters. The Labute approximate surface area is 203 Å². The number of benzene rings is 1. The number of aryl methyl sites for hydroxylation is 1. The number of thiazole rings is 1. The molecule has 4 rings (SSSR count). The van der Waals surface area contributed by atoms with E-state index in [-0.39, 0.29) is 12.3 Å². The van der Waals surface area contributed by atoms with E-state index in [1.165, 1.54) is 29.7 Å². The van der Waals surface area contributed by atoms with E-state index >= 15 is 0 Å². The Morgan fingerprint density at radius 1 is 1.24 bits per heavy atom. The Kier molecular flexibility index (Phi) is 7.63. The Bertz CT molecular complexity index is 1140. The predicted octanol–water partition coefficient (Wildman–Crippen LogP) is 3.10. The molecule has 174 valence electrons. The minimum Gasteiger partial charge on any atom is -0.395 e. The van der Waals surface area contributed by atoms with Crippen LogP contribution in [-0.2, 0) is 6.42 Å². The van der Waals surface area contributed by atoms with Crippen LogP contribution in [0.5, 0.6) is 0 Å². The lowest BCUT2D eigenvalue weighted by molar-refractivity contribution is 0.103. The monoisotopic (exact) mass is 534 g/mol. The van der Waals surface area contributed by atoms with E-state index in [9.17, 15) is 9.18 Å². The van der Waals surface area contributed by atoms with Crippen LogP contribution in [-0.4, -0.2) is 70.2 Å². The second-order valence-electron chi connectivity index (χ2n) is 7.69. The summed E-state index contributed by atoms with van der Waals surface area (Å²) in [5.41, 5.74) is 0.948. The molecule has 1 amide bonds. The number of piperazine rings is 1. The summed E-state index contributed by atoms with van der Waals surface area (Å²) in [7, 11) is 0. The van der Waals surface area contributed by atoms with E-state index in [1.807, 2.05) is 13.0 Å². The molecule has 2 N–H and O–H groups in total. The van der Waals surface area contributed by atoms with Crippen LogP contribution in [0, 0.1) is 12.7 Å². The number of hydrogen-bond acceptors (Lipinski definition) is 8. The highest BCUT2D eigenvalue weighted by Gasteiger charge is 2.19. The molecule has 33 heavy (non-hydrogen) atoms. The average Bonchev–Trinajstić information content (AvgIpc) is 3.24. The molecule has 0 aliphatic carbocycles. The van der Waals surface area contributed by atoms with Crippen LogP contribution in [0.15, 0.2) is 34.9 Å². The van der Waals surface area contributed by atoms with Gasteiger partial charge in [-0.1, -0.05) is 15.9 Å². The number of rotatable bonds is 7. The number of nitrogens with one attached hydrogen (secondary N) is 1. The van der Waals surface area contributed by atoms with Gasteiger partial charge in [-0.05, 0) is 25.1 Å². The van der Waals surface area contributed by atoms with E-state index in [2.05, 4.69) is 46.0 Å². The van der Waals surface area contributed by atoms with E-state index in [0.717, 1.165) is 42.7 Å². The first-order valence-corrected chi connectivity index (χ1v) is 12.2. The number of carbonyl (C=O) groups is 1. The SMILES string of the molecule is Cc1nc(Cc2ncc(C(=O)Nc3ccc(Br)cc3F)s2)cc(N2CCN(CCO)CC2)n1. The largest absolute Gasteiger partial charge is 0.395 e. The molecule has 3 heterocycles. The molecule has 0 saturated carbocycles. The lowest BCUT2D eigenvalue weighted by atomic mass is 10.2. The standard InChI is InChI=1S/C22H24BrFN6O2S/c1-14-26-16(11-20(27-14)30-6-4-29(5-7-30)8-9-31)12-21-25-13-19(33-21)22(32)28-18-3-2-15(23)10-17(18)24/h2-3,10-11,13,31H,4-9,12H2,1H3,(H,28,32). The summed E-state index contributed by atoms with van der Waals surface area (Å²) in [6, 6.07) is 6.44. The number of hydrogen-bond donors (Lipinski definition) is 2. The highest BCUT2D eigenvalue weighted by molar-refractivity contribution is 9.10. The number of aromatic nitrogens is 3. The minimum absolute atomic E-state index is 0.119. The highest BCUT2D eigenvalue weighted by atomic mass is 79.9. The topological polar surface area (TPSA) is 94.5 Å². The van der Waals surface area contributed by atoms with Crippen molar-refractivity contribution in [1.82, 2.24) is 19.9 Å². The van der Waals surface area contributed by atoms with Crippen molar-refractivity contribution in [3.8, 4) is 0 Å². The number of aliphatic hydroxyl groups excluding tert-OH is 1. The molecule has 0 unspecified atom stereocenters. The molecule has 2 aromatic heterocycles. The van der Waals surface area contributed by atoms with Gasteiger partial charge in [0, 0.05) is 49.7 Å². The van der Waals surface area contributed by atoms with E-state index in [0.29, 0.717) is 28.1 Å². The molecular weight excluding hydrogens is 511 g/mol. The Morgan fingerprint density at radius 3 is 2.76 bits per heavy atom. The molecular formula is C22H24BrFN6O2S. The van der Waals surface area contributed by atoms with Crippen LogP contribution < -0.4 is 10.2 Å². The number of β-amino-alcohol motifs (C(OH)–C–C–N with tert-alkyl or cyclic N) is 1. The van der Waals surface area contributed by atoms with Gasteiger partial charge in [-0.25, -0.2) is 19.3 Å². The zero-order valence-electron chi connectivity index (χ0n) is 18.1. The van der Waals surface area contributed by atoms with Crippen LogP contribution >= 0.6 is 27.3 Å². The summed E-state index contributed by atoms with van der Waals surface area (Å²) < 4.78 is 14.6. The van der Waals surface area contributed by atoms with Gasteiger partial charge in [0.05, 0.1) is 29.2 Å². The summed E-state index contributed by atoms with van der Waals surface area (Å²) in [4.78, 5) is 30.9. The molecule has 0 radical (unpaired) electrons. The number of carbonyl (C=O) groups excluding carboxylic acids is 1. The average molecular weight is 535 g/mol. The van der Waals surface area contributed by atoms with Gasteiger partial charge in [0.2, 0.25) is 0 Å². The fourth-order valence-electron chi connectivity index (χ4n) is 3.63. The molecule has 1 saturated heterocycles. The van der Waals surface area contributed by atoms with E-state index in [4.69, 9.17) is 5.11 Å². The normalized spacial score (nSPS) is 14.5. The molecule has 1 fully saturated rings.